The lowest BCUT2D eigenvalue weighted by molar-refractivity contribution is 0.0691. The van der Waals surface area contributed by atoms with E-state index in [1.165, 1.54) is 0 Å². The van der Waals surface area contributed by atoms with Gasteiger partial charge in [-0.25, -0.2) is 0 Å². The molecule has 3 rings (SSSR count). The summed E-state index contributed by atoms with van der Waals surface area (Å²) in [6.07, 6.45) is 1.65. The Balaban J connectivity index is 2.04. The number of halogens is 1. The van der Waals surface area contributed by atoms with Gasteiger partial charge in [-0.1, -0.05) is 15.9 Å². The van der Waals surface area contributed by atoms with Crippen LogP contribution < -0.4 is 5.56 Å². The van der Waals surface area contributed by atoms with Crippen LogP contribution in [0, 0.1) is 13.8 Å². The van der Waals surface area contributed by atoms with Crippen LogP contribution in [-0.4, -0.2) is 32.0 Å². The molecule has 6 nitrogen and oxygen atoms in total. The van der Waals surface area contributed by atoms with Gasteiger partial charge in [-0.2, -0.15) is 5.10 Å². The number of nitrogens with one attached hydrogen (secondary N) is 2. The summed E-state index contributed by atoms with van der Waals surface area (Å²) in [5.41, 5.74) is 3.49. The first kappa shape index (κ1) is 18.4. The molecule has 0 saturated carbocycles. The van der Waals surface area contributed by atoms with Crippen molar-refractivity contribution >= 4 is 32.7 Å². The molecule has 2 aromatic heterocycles. The molecular weight excluding hydrogens is 396 g/mol. The molecule has 1 aromatic carbocycles. The lowest BCUT2D eigenvalue weighted by Gasteiger charge is -2.27. The highest BCUT2D eigenvalue weighted by atomic mass is 79.9. The quantitative estimate of drug-likeness (QED) is 0.680. The summed E-state index contributed by atoms with van der Waals surface area (Å²) in [7, 11) is 0. The third-order valence-electron chi connectivity index (χ3n) is 4.46. The topological polar surface area (TPSA) is 81.8 Å². The van der Waals surface area contributed by atoms with E-state index in [0.717, 1.165) is 26.6 Å². The van der Waals surface area contributed by atoms with Gasteiger partial charge < -0.3 is 9.88 Å². The first-order valence-corrected chi connectivity index (χ1v) is 9.20. The van der Waals surface area contributed by atoms with E-state index in [1.54, 1.807) is 17.2 Å². The van der Waals surface area contributed by atoms with Crippen LogP contribution in [0.2, 0.25) is 0 Å². The number of amides is 1. The lowest BCUT2D eigenvalue weighted by atomic mass is 10.1. The zero-order valence-corrected chi connectivity index (χ0v) is 16.8. The second-order valence-electron chi connectivity index (χ2n) is 6.75. The van der Waals surface area contributed by atoms with Gasteiger partial charge in [0.25, 0.3) is 11.5 Å². The van der Waals surface area contributed by atoms with Crippen LogP contribution in [0.1, 0.15) is 41.0 Å². The van der Waals surface area contributed by atoms with Crippen molar-refractivity contribution in [2.45, 2.75) is 40.3 Å². The number of H-pyrrole nitrogens is 2. The first-order valence-electron chi connectivity index (χ1n) is 8.41. The average Bonchev–Trinajstić information content (AvgIpc) is 3.00. The van der Waals surface area contributed by atoms with Crippen LogP contribution in [0.5, 0.6) is 0 Å². The van der Waals surface area contributed by atoms with E-state index >= 15 is 0 Å². The molecule has 0 aliphatic carbocycles. The van der Waals surface area contributed by atoms with E-state index in [0.29, 0.717) is 11.1 Å². The highest BCUT2D eigenvalue weighted by Gasteiger charge is 2.23. The molecule has 0 aliphatic rings. The van der Waals surface area contributed by atoms with Crippen LogP contribution >= 0.6 is 15.9 Å². The number of aromatic amines is 2. The fourth-order valence-electron chi connectivity index (χ4n) is 3.08. The first-order chi connectivity index (χ1) is 12.3. The normalized spacial score (nSPS) is 11.3. The third kappa shape index (κ3) is 3.44. The van der Waals surface area contributed by atoms with Crippen molar-refractivity contribution in [1.29, 1.82) is 0 Å². The van der Waals surface area contributed by atoms with Crippen molar-refractivity contribution in [2.24, 2.45) is 0 Å². The van der Waals surface area contributed by atoms with Gasteiger partial charge in [0.1, 0.15) is 0 Å². The van der Waals surface area contributed by atoms with E-state index in [-0.39, 0.29) is 24.1 Å². The SMILES string of the molecule is Cc1cc(C)c(CN(C(=O)c2cc(Br)cc3[nH]ncc23)C(C)C)c(=O)[nH]1. The van der Waals surface area contributed by atoms with E-state index in [9.17, 15) is 9.59 Å². The molecular formula is C19H21BrN4O2. The van der Waals surface area contributed by atoms with Gasteiger partial charge in [-0.3, -0.25) is 14.7 Å². The van der Waals surface area contributed by atoms with Gasteiger partial charge in [0, 0.05) is 27.2 Å². The highest BCUT2D eigenvalue weighted by molar-refractivity contribution is 9.10. The molecule has 0 fully saturated rings. The molecule has 136 valence electrons. The Labute approximate surface area is 159 Å². The second-order valence-corrected chi connectivity index (χ2v) is 7.67. The van der Waals surface area contributed by atoms with Gasteiger partial charge in [0.05, 0.1) is 23.8 Å². The summed E-state index contributed by atoms with van der Waals surface area (Å²) in [5, 5.41) is 7.69. The van der Waals surface area contributed by atoms with Crippen molar-refractivity contribution in [1.82, 2.24) is 20.1 Å². The number of aromatic nitrogens is 3. The van der Waals surface area contributed by atoms with Crippen molar-refractivity contribution < 1.29 is 4.79 Å². The lowest BCUT2D eigenvalue weighted by Crippen LogP contribution is -2.38. The number of benzene rings is 1. The summed E-state index contributed by atoms with van der Waals surface area (Å²) >= 11 is 3.45. The largest absolute Gasteiger partial charge is 0.332 e. The molecule has 0 bridgehead atoms. The van der Waals surface area contributed by atoms with Crippen molar-refractivity contribution in [3.05, 3.63) is 61.6 Å². The number of fused-ring (bicyclic) bond motifs is 1. The molecule has 0 aliphatic heterocycles. The standard InChI is InChI=1S/C19H21BrN4O2/c1-10(2)24(9-16-11(3)5-12(4)22-18(16)25)19(26)14-6-13(20)7-17-15(14)8-21-23-17/h5-8,10H,9H2,1-4H3,(H,21,23)(H,22,25). The number of carbonyl (C=O) groups is 1. The number of hydrogen-bond donors (Lipinski definition) is 2. The molecule has 0 spiro atoms. The van der Waals surface area contributed by atoms with Gasteiger partial charge in [0.15, 0.2) is 0 Å². The molecule has 0 atom stereocenters. The average molecular weight is 417 g/mol. The number of rotatable bonds is 4. The van der Waals surface area contributed by atoms with Crippen molar-refractivity contribution in [3.63, 3.8) is 0 Å². The summed E-state index contributed by atoms with van der Waals surface area (Å²) in [6.45, 7) is 7.89. The van der Waals surface area contributed by atoms with E-state index in [1.807, 2.05) is 39.8 Å². The van der Waals surface area contributed by atoms with Crippen LogP contribution in [0.4, 0.5) is 0 Å². The van der Waals surface area contributed by atoms with Crippen LogP contribution in [0.15, 0.2) is 33.7 Å². The molecule has 3 aromatic rings. The molecule has 26 heavy (non-hydrogen) atoms. The maximum Gasteiger partial charge on any atom is 0.255 e. The van der Waals surface area contributed by atoms with Gasteiger partial charge in [-0.15, -0.1) is 0 Å². The number of aryl methyl sites for hydroxylation is 2. The van der Waals surface area contributed by atoms with Crippen LogP contribution in [0.25, 0.3) is 10.9 Å². The Morgan fingerprint density at radius 1 is 1.27 bits per heavy atom. The third-order valence-corrected chi connectivity index (χ3v) is 4.92. The fraction of sp³-hybridized carbons (Fsp3) is 0.316. The predicted molar refractivity (Wildman–Crippen MR) is 105 cm³/mol. The second kappa shape index (κ2) is 7.07. The Morgan fingerprint density at radius 3 is 2.65 bits per heavy atom. The van der Waals surface area contributed by atoms with Crippen molar-refractivity contribution in [3.8, 4) is 0 Å². The minimum absolute atomic E-state index is 0.0662. The summed E-state index contributed by atoms with van der Waals surface area (Å²) in [4.78, 5) is 30.2. The number of carbonyl (C=O) groups excluding carboxylic acids is 1. The Morgan fingerprint density at radius 2 is 2.00 bits per heavy atom. The molecule has 0 unspecified atom stereocenters. The molecule has 0 saturated heterocycles. The van der Waals surface area contributed by atoms with E-state index < -0.39 is 0 Å². The Bertz CT molecular complexity index is 1040. The Hall–Kier alpha value is -2.41. The smallest absolute Gasteiger partial charge is 0.255 e. The summed E-state index contributed by atoms with van der Waals surface area (Å²) < 4.78 is 0.797. The van der Waals surface area contributed by atoms with Crippen molar-refractivity contribution in [2.75, 3.05) is 0 Å². The summed E-state index contributed by atoms with van der Waals surface area (Å²) in [6, 6.07) is 5.53. The minimum atomic E-state index is -0.149. The highest BCUT2D eigenvalue weighted by Crippen LogP contribution is 2.25. The molecule has 7 heteroatoms. The number of hydrogen-bond acceptors (Lipinski definition) is 3. The predicted octanol–water partition coefficient (Wildman–Crippen LogP) is 3.68. The molecule has 2 heterocycles. The maximum absolute atomic E-state index is 13.3. The monoisotopic (exact) mass is 416 g/mol. The summed E-state index contributed by atoms with van der Waals surface area (Å²) in [5.74, 6) is -0.132. The zero-order chi connectivity index (χ0) is 19.0. The van der Waals surface area contributed by atoms with Crippen LogP contribution in [0.3, 0.4) is 0 Å². The van der Waals surface area contributed by atoms with Gasteiger partial charge in [0.2, 0.25) is 0 Å². The molecule has 0 radical (unpaired) electrons. The van der Waals surface area contributed by atoms with Gasteiger partial charge >= 0.3 is 0 Å². The number of nitrogens with zero attached hydrogens (tertiary/aromatic N) is 2. The number of pyridine rings is 1. The molecule has 2 N–H and O–H groups in total. The van der Waals surface area contributed by atoms with E-state index in [4.69, 9.17) is 0 Å². The van der Waals surface area contributed by atoms with Gasteiger partial charge in [-0.05, 0) is 51.5 Å². The fourth-order valence-corrected chi connectivity index (χ4v) is 3.54. The maximum atomic E-state index is 13.3. The molecule has 1 amide bonds. The minimum Gasteiger partial charge on any atom is -0.332 e. The zero-order valence-electron chi connectivity index (χ0n) is 15.2. The van der Waals surface area contributed by atoms with Crippen LogP contribution in [-0.2, 0) is 6.54 Å². The Kier molecular flexibility index (Phi) is 5.00. The van der Waals surface area contributed by atoms with E-state index in [2.05, 4.69) is 31.1 Å².